The minimum atomic E-state index is 0.156. The van der Waals surface area contributed by atoms with Crippen LogP contribution in [0.15, 0.2) is 6.20 Å². The second kappa shape index (κ2) is 6.26. The van der Waals surface area contributed by atoms with E-state index >= 15 is 0 Å². The molecule has 0 radical (unpaired) electrons. The summed E-state index contributed by atoms with van der Waals surface area (Å²) in [7, 11) is 0. The van der Waals surface area contributed by atoms with E-state index in [0.717, 1.165) is 18.5 Å². The molecule has 0 aliphatic carbocycles. The zero-order chi connectivity index (χ0) is 13.7. The van der Waals surface area contributed by atoms with E-state index in [1.54, 1.807) is 6.20 Å². The van der Waals surface area contributed by atoms with Crippen LogP contribution in [0.4, 0.5) is 5.95 Å². The predicted octanol–water partition coefficient (Wildman–Crippen LogP) is 2.13. The van der Waals surface area contributed by atoms with Gasteiger partial charge in [-0.2, -0.15) is 9.97 Å². The highest BCUT2D eigenvalue weighted by Crippen LogP contribution is 2.20. The summed E-state index contributed by atoms with van der Waals surface area (Å²) in [6.07, 6.45) is 6.14. The van der Waals surface area contributed by atoms with Crippen molar-refractivity contribution >= 4 is 17.1 Å². The molecule has 0 atom stereocenters. The van der Waals surface area contributed by atoms with Gasteiger partial charge in [0, 0.05) is 0 Å². The summed E-state index contributed by atoms with van der Waals surface area (Å²) in [6.45, 7) is 4.58. The van der Waals surface area contributed by atoms with Crippen LogP contribution in [0.1, 0.15) is 38.8 Å². The molecule has 6 heteroatoms. The number of anilines is 1. The van der Waals surface area contributed by atoms with Crippen molar-refractivity contribution in [3.63, 3.8) is 0 Å². The molecule has 0 aromatic carbocycles. The lowest BCUT2D eigenvalue weighted by atomic mass is 10.2. The maximum atomic E-state index is 5.62. The van der Waals surface area contributed by atoms with Crippen LogP contribution in [-0.4, -0.2) is 26.5 Å². The van der Waals surface area contributed by atoms with Gasteiger partial charge in [-0.15, -0.1) is 0 Å². The third-order valence-electron chi connectivity index (χ3n) is 2.76. The molecular formula is C13H19N5O. The van der Waals surface area contributed by atoms with Crippen LogP contribution in [0, 0.1) is 0 Å². The topological polar surface area (TPSA) is 86.8 Å². The second-order valence-corrected chi connectivity index (χ2v) is 4.31. The maximum absolute atomic E-state index is 5.62. The molecule has 0 fully saturated rings. The largest absolute Gasteiger partial charge is 0.476 e. The molecule has 2 aromatic heterocycles. The number of nitrogens with two attached hydrogens (primary N) is 1. The molecule has 0 saturated carbocycles. The Morgan fingerprint density at radius 1 is 1.16 bits per heavy atom. The fourth-order valence-corrected chi connectivity index (χ4v) is 1.85. The van der Waals surface area contributed by atoms with Gasteiger partial charge in [0.05, 0.1) is 18.5 Å². The Balaban J connectivity index is 2.33. The molecule has 0 aliphatic heterocycles. The van der Waals surface area contributed by atoms with Gasteiger partial charge in [-0.3, -0.25) is 0 Å². The van der Waals surface area contributed by atoms with Crippen LogP contribution in [0.5, 0.6) is 5.88 Å². The Bertz CT molecular complexity index is 558. The van der Waals surface area contributed by atoms with Crippen molar-refractivity contribution in [1.82, 2.24) is 19.9 Å². The van der Waals surface area contributed by atoms with Gasteiger partial charge in [-0.25, -0.2) is 9.97 Å². The summed E-state index contributed by atoms with van der Waals surface area (Å²) in [6, 6.07) is 0. The summed E-state index contributed by atoms with van der Waals surface area (Å²) >= 11 is 0. The molecule has 0 unspecified atom stereocenters. The average Bonchev–Trinajstić information content (AvgIpc) is 2.40. The fourth-order valence-electron chi connectivity index (χ4n) is 1.85. The standard InChI is InChI=1S/C13H19N5O/c1-3-5-6-7-9-8-15-11-10(16-9)12(19-4-2)18-13(14)17-11/h8H,3-7H2,1-2H3,(H2,14,15,17,18). The van der Waals surface area contributed by atoms with E-state index in [9.17, 15) is 0 Å². The second-order valence-electron chi connectivity index (χ2n) is 4.31. The van der Waals surface area contributed by atoms with Crippen molar-refractivity contribution < 1.29 is 4.74 Å². The fraction of sp³-hybridized carbons (Fsp3) is 0.538. The van der Waals surface area contributed by atoms with Gasteiger partial charge in [-0.1, -0.05) is 19.8 Å². The van der Waals surface area contributed by atoms with Crippen LogP contribution < -0.4 is 10.5 Å². The molecule has 2 rings (SSSR count). The summed E-state index contributed by atoms with van der Waals surface area (Å²) in [5.41, 5.74) is 7.63. The van der Waals surface area contributed by atoms with Crippen molar-refractivity contribution in [1.29, 1.82) is 0 Å². The molecule has 0 bridgehead atoms. The third-order valence-corrected chi connectivity index (χ3v) is 2.76. The Morgan fingerprint density at radius 3 is 2.74 bits per heavy atom. The zero-order valence-corrected chi connectivity index (χ0v) is 11.4. The van der Waals surface area contributed by atoms with E-state index in [2.05, 4.69) is 26.9 Å². The van der Waals surface area contributed by atoms with E-state index in [1.807, 2.05) is 6.92 Å². The monoisotopic (exact) mass is 261 g/mol. The Kier molecular flexibility index (Phi) is 4.43. The third kappa shape index (κ3) is 3.27. The number of unbranched alkanes of at least 4 members (excludes halogenated alkanes) is 2. The zero-order valence-electron chi connectivity index (χ0n) is 11.4. The van der Waals surface area contributed by atoms with Crippen LogP contribution >= 0.6 is 0 Å². The van der Waals surface area contributed by atoms with Gasteiger partial charge in [0.25, 0.3) is 0 Å². The van der Waals surface area contributed by atoms with Crippen LogP contribution in [0.3, 0.4) is 0 Å². The summed E-state index contributed by atoms with van der Waals surface area (Å²) < 4.78 is 5.45. The Labute approximate surface area is 112 Å². The molecule has 0 saturated heterocycles. The maximum Gasteiger partial charge on any atom is 0.247 e. The molecule has 0 spiro atoms. The number of ether oxygens (including phenoxy) is 1. The first-order valence-electron chi connectivity index (χ1n) is 6.66. The van der Waals surface area contributed by atoms with E-state index in [-0.39, 0.29) is 5.95 Å². The molecule has 2 heterocycles. The number of hydrogen-bond donors (Lipinski definition) is 1. The quantitative estimate of drug-likeness (QED) is 0.801. The number of nitrogen functional groups attached to an aromatic ring is 1. The first kappa shape index (κ1) is 13.5. The highest BCUT2D eigenvalue weighted by molar-refractivity contribution is 5.76. The SMILES string of the molecule is CCCCCc1cnc2nc(N)nc(OCC)c2n1. The molecule has 102 valence electrons. The number of hydrogen-bond acceptors (Lipinski definition) is 6. The molecule has 2 N–H and O–H groups in total. The average molecular weight is 261 g/mol. The van der Waals surface area contributed by atoms with Crippen molar-refractivity contribution in [2.75, 3.05) is 12.3 Å². The van der Waals surface area contributed by atoms with Crippen LogP contribution in [0.2, 0.25) is 0 Å². The molecule has 2 aromatic rings. The van der Waals surface area contributed by atoms with Crippen molar-refractivity contribution in [3.8, 4) is 5.88 Å². The van der Waals surface area contributed by atoms with Gasteiger partial charge < -0.3 is 10.5 Å². The van der Waals surface area contributed by atoms with E-state index in [1.165, 1.54) is 12.8 Å². The van der Waals surface area contributed by atoms with Gasteiger partial charge in [-0.05, 0) is 19.8 Å². The molecule has 6 nitrogen and oxygen atoms in total. The highest BCUT2D eigenvalue weighted by Gasteiger charge is 2.10. The highest BCUT2D eigenvalue weighted by atomic mass is 16.5. The summed E-state index contributed by atoms with van der Waals surface area (Å²) in [5, 5.41) is 0. The Morgan fingerprint density at radius 2 is 2.00 bits per heavy atom. The van der Waals surface area contributed by atoms with Gasteiger partial charge in [0.1, 0.15) is 0 Å². The van der Waals surface area contributed by atoms with E-state index < -0.39 is 0 Å². The first-order chi connectivity index (χ1) is 9.24. The summed E-state index contributed by atoms with van der Waals surface area (Å²) in [5.74, 6) is 0.568. The minimum Gasteiger partial charge on any atom is -0.476 e. The smallest absolute Gasteiger partial charge is 0.247 e. The molecular weight excluding hydrogens is 242 g/mol. The van der Waals surface area contributed by atoms with Gasteiger partial charge in [0.15, 0.2) is 11.2 Å². The number of nitrogens with zero attached hydrogens (tertiary/aromatic N) is 4. The van der Waals surface area contributed by atoms with Gasteiger partial charge >= 0.3 is 0 Å². The minimum absolute atomic E-state index is 0.156. The normalized spacial score (nSPS) is 10.8. The lowest BCUT2D eigenvalue weighted by molar-refractivity contribution is 0.330. The molecule has 0 amide bonds. The van der Waals surface area contributed by atoms with Crippen LogP contribution in [0.25, 0.3) is 11.2 Å². The number of aromatic nitrogens is 4. The van der Waals surface area contributed by atoms with Crippen molar-refractivity contribution in [3.05, 3.63) is 11.9 Å². The van der Waals surface area contributed by atoms with E-state index in [4.69, 9.17) is 10.5 Å². The predicted molar refractivity (Wildman–Crippen MR) is 73.9 cm³/mol. The number of aryl methyl sites for hydroxylation is 1. The van der Waals surface area contributed by atoms with Crippen molar-refractivity contribution in [2.24, 2.45) is 0 Å². The summed E-state index contributed by atoms with van der Waals surface area (Å²) in [4.78, 5) is 17.0. The molecule has 19 heavy (non-hydrogen) atoms. The van der Waals surface area contributed by atoms with Gasteiger partial charge in [0.2, 0.25) is 11.8 Å². The first-order valence-corrected chi connectivity index (χ1v) is 6.66. The van der Waals surface area contributed by atoms with E-state index in [0.29, 0.717) is 23.7 Å². The lowest BCUT2D eigenvalue weighted by Gasteiger charge is -2.07. The number of rotatable bonds is 6. The number of fused-ring (bicyclic) bond motifs is 1. The van der Waals surface area contributed by atoms with Crippen LogP contribution in [-0.2, 0) is 6.42 Å². The lowest BCUT2D eigenvalue weighted by Crippen LogP contribution is -2.05. The Hall–Kier alpha value is -1.98. The molecule has 0 aliphatic rings. The van der Waals surface area contributed by atoms with Crippen molar-refractivity contribution in [2.45, 2.75) is 39.5 Å².